The Labute approximate surface area is 203 Å². The van der Waals surface area contributed by atoms with E-state index in [1.165, 1.54) is 0 Å². The Hall–Kier alpha value is -3.91. The third kappa shape index (κ3) is 4.57. The molecule has 0 aliphatic carbocycles. The van der Waals surface area contributed by atoms with Crippen molar-refractivity contribution in [3.63, 3.8) is 0 Å². The Balaban J connectivity index is 1.58. The smallest absolute Gasteiger partial charge is 0.335 e. The molecule has 2 N–H and O–H groups in total. The predicted molar refractivity (Wildman–Crippen MR) is 133 cm³/mol. The second kappa shape index (κ2) is 9.38. The Bertz CT molecular complexity index is 1360. The average Bonchev–Trinajstić information content (AvgIpc) is 3.23. The fourth-order valence-electron chi connectivity index (χ4n) is 4.57. The minimum Gasteiger partial charge on any atom is -0.478 e. The molecule has 1 atom stereocenters. The van der Waals surface area contributed by atoms with E-state index in [2.05, 4.69) is 17.2 Å². The molecule has 5 rings (SSSR count). The van der Waals surface area contributed by atoms with E-state index in [1.54, 1.807) is 31.3 Å². The standard InChI is InChI=1S/C27H28N4O4/c1-18-15-20(9-10-21(18)26(32)33)29-24-23-22(31(30-24)27(2)12-6-14-34-17-27)11-13-28-25(23)35-16-19-7-4-3-5-8-19/h3-5,7-11,13,15H,6,12,14,16-17H2,1-2H3,(H,29,30)(H,32,33)/t27-/m1/s1. The summed E-state index contributed by atoms with van der Waals surface area (Å²) in [6.45, 7) is 5.63. The first-order chi connectivity index (χ1) is 16.9. The fraction of sp³-hybridized carbons (Fsp3) is 0.296. The highest BCUT2D eigenvalue weighted by Gasteiger charge is 2.33. The normalized spacial score (nSPS) is 17.9. The van der Waals surface area contributed by atoms with Crippen molar-refractivity contribution in [1.29, 1.82) is 0 Å². The summed E-state index contributed by atoms with van der Waals surface area (Å²) >= 11 is 0. The molecule has 180 valence electrons. The van der Waals surface area contributed by atoms with Crippen LogP contribution in [-0.4, -0.2) is 39.1 Å². The lowest BCUT2D eigenvalue weighted by Gasteiger charge is -2.34. The van der Waals surface area contributed by atoms with Gasteiger partial charge in [-0.2, -0.15) is 5.10 Å². The van der Waals surface area contributed by atoms with Crippen molar-refractivity contribution in [1.82, 2.24) is 14.8 Å². The van der Waals surface area contributed by atoms with E-state index in [9.17, 15) is 9.90 Å². The number of fused-ring (bicyclic) bond motifs is 1. The van der Waals surface area contributed by atoms with Gasteiger partial charge in [-0.25, -0.2) is 9.78 Å². The molecular formula is C27H28N4O4. The van der Waals surface area contributed by atoms with Crippen molar-refractivity contribution in [2.75, 3.05) is 18.5 Å². The summed E-state index contributed by atoms with van der Waals surface area (Å²) < 4.78 is 14.0. The SMILES string of the molecule is Cc1cc(Nc2nn([C@]3(C)CCCOC3)c3ccnc(OCc4ccccc4)c23)ccc1C(=O)O. The molecule has 8 heteroatoms. The van der Waals surface area contributed by atoms with Gasteiger partial charge in [-0.1, -0.05) is 30.3 Å². The first kappa shape index (κ1) is 22.9. The maximum atomic E-state index is 11.4. The van der Waals surface area contributed by atoms with Gasteiger partial charge in [0.05, 0.1) is 23.2 Å². The lowest BCUT2D eigenvalue weighted by molar-refractivity contribution is 0.00588. The summed E-state index contributed by atoms with van der Waals surface area (Å²) in [4.78, 5) is 16.0. The van der Waals surface area contributed by atoms with Crippen LogP contribution in [0.15, 0.2) is 60.8 Å². The van der Waals surface area contributed by atoms with Crippen LogP contribution < -0.4 is 10.1 Å². The van der Waals surface area contributed by atoms with Gasteiger partial charge >= 0.3 is 5.97 Å². The van der Waals surface area contributed by atoms with Gasteiger partial charge in [-0.05, 0) is 62.1 Å². The molecule has 2 aromatic carbocycles. The van der Waals surface area contributed by atoms with Crippen molar-refractivity contribution in [3.8, 4) is 5.88 Å². The number of aromatic carboxylic acids is 1. The van der Waals surface area contributed by atoms with E-state index in [4.69, 9.17) is 14.6 Å². The molecule has 0 spiro atoms. The number of aryl methyl sites for hydroxylation is 1. The largest absolute Gasteiger partial charge is 0.478 e. The van der Waals surface area contributed by atoms with Crippen LogP contribution in [0.3, 0.4) is 0 Å². The van der Waals surface area contributed by atoms with Crippen LogP contribution in [0.5, 0.6) is 5.88 Å². The van der Waals surface area contributed by atoms with E-state index in [0.29, 0.717) is 30.5 Å². The number of anilines is 2. The second-order valence-corrected chi connectivity index (χ2v) is 9.16. The molecule has 4 aromatic rings. The van der Waals surface area contributed by atoms with Crippen LogP contribution in [0.25, 0.3) is 10.9 Å². The molecule has 0 amide bonds. The number of nitrogens with one attached hydrogen (secondary N) is 1. The van der Waals surface area contributed by atoms with Gasteiger partial charge < -0.3 is 19.9 Å². The predicted octanol–water partition coefficient (Wildman–Crippen LogP) is 5.29. The van der Waals surface area contributed by atoms with Crippen LogP contribution in [0.2, 0.25) is 0 Å². The van der Waals surface area contributed by atoms with Crippen molar-refractivity contribution in [3.05, 3.63) is 77.5 Å². The van der Waals surface area contributed by atoms with E-state index >= 15 is 0 Å². The number of rotatable bonds is 7. The monoisotopic (exact) mass is 472 g/mol. The van der Waals surface area contributed by atoms with Crippen LogP contribution in [0.4, 0.5) is 11.5 Å². The van der Waals surface area contributed by atoms with Gasteiger partial charge in [-0.15, -0.1) is 0 Å². The second-order valence-electron chi connectivity index (χ2n) is 9.16. The Morgan fingerprint density at radius 2 is 2.06 bits per heavy atom. The molecular weight excluding hydrogens is 444 g/mol. The van der Waals surface area contributed by atoms with E-state index in [-0.39, 0.29) is 11.1 Å². The fourth-order valence-corrected chi connectivity index (χ4v) is 4.57. The van der Waals surface area contributed by atoms with Crippen molar-refractivity contribution in [2.45, 2.75) is 38.8 Å². The van der Waals surface area contributed by atoms with Gasteiger partial charge in [-0.3, -0.25) is 4.68 Å². The van der Waals surface area contributed by atoms with Gasteiger partial charge in [0.25, 0.3) is 0 Å². The molecule has 1 aliphatic rings. The maximum Gasteiger partial charge on any atom is 0.335 e. The molecule has 3 heterocycles. The van der Waals surface area contributed by atoms with Crippen LogP contribution in [-0.2, 0) is 16.9 Å². The first-order valence-corrected chi connectivity index (χ1v) is 11.7. The summed E-state index contributed by atoms with van der Waals surface area (Å²) in [7, 11) is 0. The highest BCUT2D eigenvalue weighted by molar-refractivity contribution is 5.96. The number of ether oxygens (including phenoxy) is 2. The van der Waals surface area contributed by atoms with Crippen molar-refractivity contribution < 1.29 is 19.4 Å². The Morgan fingerprint density at radius 1 is 1.23 bits per heavy atom. The Kier molecular flexibility index (Phi) is 6.13. The lowest BCUT2D eigenvalue weighted by atomic mass is 9.95. The summed E-state index contributed by atoms with van der Waals surface area (Å²) in [5, 5.41) is 18.5. The van der Waals surface area contributed by atoms with Gasteiger partial charge in [0.15, 0.2) is 5.82 Å². The number of carboxylic acids is 1. The summed E-state index contributed by atoms with van der Waals surface area (Å²) in [6.07, 6.45) is 3.64. The molecule has 0 radical (unpaired) electrons. The number of hydrogen-bond acceptors (Lipinski definition) is 6. The number of pyridine rings is 1. The lowest BCUT2D eigenvalue weighted by Crippen LogP contribution is -2.39. The molecule has 1 aliphatic heterocycles. The Morgan fingerprint density at radius 3 is 2.77 bits per heavy atom. The summed E-state index contributed by atoms with van der Waals surface area (Å²) in [5.41, 5.74) is 3.31. The van der Waals surface area contributed by atoms with Gasteiger partial charge in [0.1, 0.15) is 12.0 Å². The summed E-state index contributed by atoms with van der Waals surface area (Å²) in [6, 6.07) is 17.0. The number of aromatic nitrogens is 3. The molecule has 2 aromatic heterocycles. The minimum absolute atomic E-state index is 0.270. The molecule has 1 fully saturated rings. The average molecular weight is 473 g/mol. The maximum absolute atomic E-state index is 11.4. The summed E-state index contributed by atoms with van der Waals surface area (Å²) in [5.74, 6) is 0.138. The third-order valence-corrected chi connectivity index (χ3v) is 6.43. The zero-order valence-corrected chi connectivity index (χ0v) is 19.8. The zero-order chi connectivity index (χ0) is 24.4. The number of carbonyl (C=O) groups is 1. The minimum atomic E-state index is -0.949. The van der Waals surface area contributed by atoms with Crippen molar-refractivity contribution >= 4 is 28.4 Å². The molecule has 0 saturated carbocycles. The highest BCUT2D eigenvalue weighted by Crippen LogP contribution is 2.38. The van der Waals surface area contributed by atoms with Gasteiger partial charge in [0.2, 0.25) is 5.88 Å². The van der Waals surface area contributed by atoms with Crippen LogP contribution in [0.1, 0.15) is 41.3 Å². The quantitative estimate of drug-likeness (QED) is 0.377. The molecule has 0 bridgehead atoms. The number of hydrogen-bond donors (Lipinski definition) is 2. The van der Waals surface area contributed by atoms with E-state index in [1.807, 2.05) is 41.1 Å². The van der Waals surface area contributed by atoms with Crippen LogP contribution >= 0.6 is 0 Å². The van der Waals surface area contributed by atoms with E-state index in [0.717, 1.165) is 41.6 Å². The topological polar surface area (TPSA) is 98.5 Å². The molecule has 1 saturated heterocycles. The van der Waals surface area contributed by atoms with E-state index < -0.39 is 5.97 Å². The zero-order valence-electron chi connectivity index (χ0n) is 19.8. The number of carboxylic acid groups (broad SMARTS) is 1. The van der Waals surface area contributed by atoms with Crippen LogP contribution in [0, 0.1) is 6.92 Å². The molecule has 0 unspecified atom stereocenters. The third-order valence-electron chi connectivity index (χ3n) is 6.43. The first-order valence-electron chi connectivity index (χ1n) is 11.7. The molecule has 8 nitrogen and oxygen atoms in total. The highest BCUT2D eigenvalue weighted by atomic mass is 16.5. The van der Waals surface area contributed by atoms with Crippen molar-refractivity contribution in [2.24, 2.45) is 0 Å². The number of benzene rings is 2. The molecule has 35 heavy (non-hydrogen) atoms. The van der Waals surface area contributed by atoms with Gasteiger partial charge in [0, 0.05) is 18.5 Å². The number of nitrogens with zero attached hydrogens (tertiary/aromatic N) is 3.